The summed E-state index contributed by atoms with van der Waals surface area (Å²) in [6, 6.07) is 3.83. The smallest absolute Gasteiger partial charge is 0.361 e. The third-order valence-corrected chi connectivity index (χ3v) is 5.47. The minimum absolute atomic E-state index is 0.0356. The molecule has 0 saturated carbocycles. The van der Waals surface area contributed by atoms with Gasteiger partial charge in [0.1, 0.15) is 0 Å². The molecule has 138 valence electrons. The summed E-state index contributed by atoms with van der Waals surface area (Å²) >= 11 is 0. The van der Waals surface area contributed by atoms with Gasteiger partial charge in [0.25, 0.3) is 0 Å². The lowest BCUT2D eigenvalue weighted by atomic mass is 9.85. The van der Waals surface area contributed by atoms with Crippen LogP contribution in [0, 0.1) is 6.92 Å². The Bertz CT molecular complexity index is 1180. The number of hydrogen-bond donors (Lipinski definition) is 2. The van der Waals surface area contributed by atoms with E-state index >= 15 is 0 Å². The zero-order chi connectivity index (χ0) is 18.8. The molecule has 4 nitrogen and oxygen atoms in total. The van der Waals surface area contributed by atoms with Gasteiger partial charge in [-0.15, -0.1) is 0 Å². The molecule has 0 unspecified atom stereocenters. The first kappa shape index (κ1) is 16.4. The SMILES string of the molecule is Cc1c[nH]c2ccc3nc(-c4c[nH]nc4C(F)(F)F)c4c(c3c12)CCCC4. The summed E-state index contributed by atoms with van der Waals surface area (Å²) in [5, 5.41) is 8.02. The van der Waals surface area contributed by atoms with Gasteiger partial charge in [0, 0.05) is 28.7 Å². The molecule has 1 aliphatic carbocycles. The van der Waals surface area contributed by atoms with E-state index in [1.165, 1.54) is 6.20 Å². The molecule has 0 bridgehead atoms. The molecule has 0 radical (unpaired) electrons. The van der Waals surface area contributed by atoms with E-state index in [0.717, 1.165) is 64.2 Å². The highest BCUT2D eigenvalue weighted by molar-refractivity contribution is 6.09. The lowest BCUT2D eigenvalue weighted by Crippen LogP contribution is -2.11. The second-order valence-electron chi connectivity index (χ2n) is 7.12. The van der Waals surface area contributed by atoms with Gasteiger partial charge >= 0.3 is 6.18 Å². The Labute approximate surface area is 152 Å². The molecule has 0 saturated heterocycles. The highest BCUT2D eigenvalue weighted by atomic mass is 19.4. The van der Waals surface area contributed by atoms with Crippen LogP contribution in [-0.4, -0.2) is 20.2 Å². The topological polar surface area (TPSA) is 57.4 Å². The van der Waals surface area contributed by atoms with Crippen molar-refractivity contribution in [2.24, 2.45) is 0 Å². The van der Waals surface area contributed by atoms with Crippen molar-refractivity contribution in [1.82, 2.24) is 20.2 Å². The average Bonchev–Trinajstić information content (AvgIpc) is 3.28. The van der Waals surface area contributed by atoms with Gasteiger partial charge in [-0.05, 0) is 61.4 Å². The molecule has 0 spiro atoms. The molecular formula is C20H17F3N4. The van der Waals surface area contributed by atoms with Crippen LogP contribution in [0.25, 0.3) is 33.1 Å². The second-order valence-corrected chi connectivity index (χ2v) is 7.12. The number of alkyl halides is 3. The summed E-state index contributed by atoms with van der Waals surface area (Å²) in [7, 11) is 0. The molecule has 1 aliphatic rings. The van der Waals surface area contributed by atoms with Crippen molar-refractivity contribution in [3.8, 4) is 11.3 Å². The largest absolute Gasteiger partial charge is 0.435 e. The molecule has 5 rings (SSSR count). The van der Waals surface area contributed by atoms with Crippen molar-refractivity contribution in [2.75, 3.05) is 0 Å². The van der Waals surface area contributed by atoms with Gasteiger partial charge in [-0.25, -0.2) is 4.98 Å². The van der Waals surface area contributed by atoms with E-state index in [1.807, 2.05) is 25.3 Å². The lowest BCUT2D eigenvalue weighted by molar-refractivity contribution is -0.140. The fourth-order valence-corrected chi connectivity index (χ4v) is 4.32. The predicted molar refractivity (Wildman–Crippen MR) is 97.6 cm³/mol. The number of nitrogens with one attached hydrogen (secondary N) is 2. The number of rotatable bonds is 1. The van der Waals surface area contributed by atoms with Crippen molar-refractivity contribution in [2.45, 2.75) is 38.8 Å². The fraction of sp³-hybridized carbons (Fsp3) is 0.300. The standard InChI is InChI=1S/C20H17F3N4/c1-10-8-24-14-6-7-15-17(16(10)14)11-4-2-3-5-12(11)18(26-15)13-9-25-27-19(13)20(21,22)23/h6-9,24H,2-5H2,1H3,(H,25,27). The Morgan fingerprint density at radius 1 is 1.00 bits per heavy atom. The Morgan fingerprint density at radius 2 is 1.78 bits per heavy atom. The van der Waals surface area contributed by atoms with Crippen LogP contribution < -0.4 is 0 Å². The first-order valence-electron chi connectivity index (χ1n) is 8.98. The Kier molecular flexibility index (Phi) is 3.38. The summed E-state index contributed by atoms with van der Waals surface area (Å²) < 4.78 is 40.3. The molecule has 0 amide bonds. The third kappa shape index (κ3) is 2.37. The zero-order valence-corrected chi connectivity index (χ0v) is 14.7. The highest BCUT2D eigenvalue weighted by Crippen LogP contribution is 2.42. The van der Waals surface area contributed by atoms with E-state index < -0.39 is 11.9 Å². The van der Waals surface area contributed by atoms with Crippen LogP contribution in [0.3, 0.4) is 0 Å². The summed E-state index contributed by atoms with van der Waals surface area (Å²) in [4.78, 5) is 7.97. The van der Waals surface area contributed by atoms with E-state index in [-0.39, 0.29) is 5.56 Å². The van der Waals surface area contributed by atoms with Crippen molar-refractivity contribution in [1.29, 1.82) is 0 Å². The number of fused-ring (bicyclic) bond motifs is 5. The van der Waals surface area contributed by atoms with Crippen molar-refractivity contribution in [3.63, 3.8) is 0 Å². The van der Waals surface area contributed by atoms with E-state index in [4.69, 9.17) is 4.98 Å². The molecule has 2 N–H and O–H groups in total. The summed E-state index contributed by atoms with van der Waals surface area (Å²) in [6.07, 6.45) is 2.32. The normalized spacial score (nSPS) is 14.8. The van der Waals surface area contributed by atoms with Crippen LogP contribution in [0.2, 0.25) is 0 Å². The second kappa shape index (κ2) is 5.58. The number of aryl methyl sites for hydroxylation is 2. The first-order chi connectivity index (χ1) is 12.9. The molecule has 27 heavy (non-hydrogen) atoms. The van der Waals surface area contributed by atoms with Gasteiger partial charge in [-0.2, -0.15) is 18.3 Å². The highest BCUT2D eigenvalue weighted by Gasteiger charge is 2.38. The van der Waals surface area contributed by atoms with Crippen LogP contribution in [0.5, 0.6) is 0 Å². The lowest BCUT2D eigenvalue weighted by Gasteiger charge is -2.22. The number of pyridine rings is 1. The molecule has 3 aromatic heterocycles. The number of nitrogens with zero attached hydrogens (tertiary/aromatic N) is 2. The Balaban J connectivity index is 1.89. The Hall–Kier alpha value is -2.83. The molecule has 0 atom stereocenters. The zero-order valence-electron chi connectivity index (χ0n) is 14.7. The molecule has 4 aromatic rings. The van der Waals surface area contributed by atoms with Crippen LogP contribution in [0.15, 0.2) is 24.5 Å². The maximum Gasteiger partial charge on any atom is 0.435 e. The van der Waals surface area contributed by atoms with E-state index in [9.17, 15) is 13.2 Å². The van der Waals surface area contributed by atoms with Gasteiger partial charge in [-0.1, -0.05) is 0 Å². The maximum atomic E-state index is 13.4. The molecule has 0 fully saturated rings. The van der Waals surface area contributed by atoms with Gasteiger partial charge in [0.2, 0.25) is 0 Å². The Morgan fingerprint density at radius 3 is 2.56 bits per heavy atom. The molecule has 0 aliphatic heterocycles. The molecule has 7 heteroatoms. The van der Waals surface area contributed by atoms with Crippen LogP contribution in [0.1, 0.15) is 35.2 Å². The summed E-state index contributed by atoms with van der Waals surface area (Å²) in [5.74, 6) is 0. The van der Waals surface area contributed by atoms with Crippen LogP contribution in [-0.2, 0) is 19.0 Å². The monoisotopic (exact) mass is 370 g/mol. The minimum Gasteiger partial charge on any atom is -0.361 e. The van der Waals surface area contributed by atoms with Crippen molar-refractivity contribution in [3.05, 3.63) is 46.9 Å². The minimum atomic E-state index is -4.52. The van der Waals surface area contributed by atoms with Crippen molar-refractivity contribution < 1.29 is 13.2 Å². The van der Waals surface area contributed by atoms with Gasteiger partial charge in [-0.3, -0.25) is 5.10 Å². The van der Waals surface area contributed by atoms with Crippen molar-refractivity contribution >= 4 is 21.8 Å². The van der Waals surface area contributed by atoms with E-state index in [0.29, 0.717) is 5.69 Å². The maximum absolute atomic E-state index is 13.4. The van der Waals surface area contributed by atoms with E-state index in [1.54, 1.807) is 0 Å². The quantitative estimate of drug-likeness (QED) is 0.477. The molecule has 1 aromatic carbocycles. The predicted octanol–water partition coefficient (Wildman–Crippen LogP) is 5.31. The summed E-state index contributed by atoms with van der Waals surface area (Å²) in [5.41, 5.74) is 4.48. The third-order valence-electron chi connectivity index (χ3n) is 5.47. The fourth-order valence-electron chi connectivity index (χ4n) is 4.32. The summed E-state index contributed by atoms with van der Waals surface area (Å²) in [6.45, 7) is 2.04. The van der Waals surface area contributed by atoms with Crippen LogP contribution >= 0.6 is 0 Å². The number of halogens is 3. The van der Waals surface area contributed by atoms with Gasteiger partial charge in [0.15, 0.2) is 5.69 Å². The number of aromatic amines is 2. The first-order valence-corrected chi connectivity index (χ1v) is 8.98. The van der Waals surface area contributed by atoms with E-state index in [2.05, 4.69) is 15.2 Å². The van der Waals surface area contributed by atoms with Gasteiger partial charge < -0.3 is 4.98 Å². The van der Waals surface area contributed by atoms with Crippen LogP contribution in [0.4, 0.5) is 13.2 Å². The number of benzene rings is 1. The number of hydrogen-bond acceptors (Lipinski definition) is 2. The molecular weight excluding hydrogens is 353 g/mol. The number of H-pyrrole nitrogens is 2. The average molecular weight is 370 g/mol. The van der Waals surface area contributed by atoms with Gasteiger partial charge in [0.05, 0.1) is 16.8 Å². The number of aromatic nitrogens is 4. The molecule has 3 heterocycles.